The highest BCUT2D eigenvalue weighted by molar-refractivity contribution is 7.92. The summed E-state index contributed by atoms with van der Waals surface area (Å²) < 4.78 is 32.7. The monoisotopic (exact) mass is 384 g/mol. The summed E-state index contributed by atoms with van der Waals surface area (Å²) in [4.78, 5) is 12.5. The second kappa shape index (κ2) is 7.67. The maximum atomic E-state index is 12.4. The lowest BCUT2D eigenvalue weighted by Crippen LogP contribution is -2.26. The van der Waals surface area contributed by atoms with Gasteiger partial charge in [0.1, 0.15) is 11.5 Å². The van der Waals surface area contributed by atoms with E-state index in [9.17, 15) is 13.2 Å². The predicted octanol–water partition coefficient (Wildman–Crippen LogP) is 3.88. The number of furan rings is 1. The van der Waals surface area contributed by atoms with Crippen LogP contribution in [0.5, 0.6) is 0 Å². The summed E-state index contributed by atoms with van der Waals surface area (Å²) in [5.41, 5.74) is 0.804. The number of sulfonamides is 1. The molecule has 0 fully saturated rings. The largest absolute Gasteiger partial charge is 0.464 e. The average molecular weight is 384 g/mol. The van der Waals surface area contributed by atoms with Crippen LogP contribution in [0.25, 0.3) is 0 Å². The lowest BCUT2D eigenvalue weighted by atomic mass is 10.1. The van der Waals surface area contributed by atoms with E-state index < -0.39 is 10.0 Å². The summed E-state index contributed by atoms with van der Waals surface area (Å²) in [6, 6.07) is 17.7. The average Bonchev–Trinajstić information content (AvgIpc) is 3.09. The number of carbonyl (C=O) groups excluding carboxylic acids is 1. The standard InChI is InChI=1S/C20H20N2O4S/c1-14-8-13-19(26-14)15(2)21-20(23)16-9-11-17(12-10-16)22-27(24,25)18-6-4-3-5-7-18/h3-13,15,22H,1-2H3,(H,21,23). The van der Waals surface area contributed by atoms with Crippen molar-refractivity contribution in [3.8, 4) is 0 Å². The molecule has 0 saturated carbocycles. The molecule has 3 aromatic rings. The van der Waals surface area contributed by atoms with Gasteiger partial charge in [0, 0.05) is 11.3 Å². The van der Waals surface area contributed by atoms with Gasteiger partial charge >= 0.3 is 0 Å². The molecule has 2 aromatic carbocycles. The fraction of sp³-hybridized carbons (Fsp3) is 0.150. The van der Waals surface area contributed by atoms with E-state index in [-0.39, 0.29) is 16.8 Å². The van der Waals surface area contributed by atoms with Crippen molar-refractivity contribution in [1.82, 2.24) is 5.32 Å². The Kier molecular flexibility index (Phi) is 5.32. The lowest BCUT2D eigenvalue weighted by Gasteiger charge is -2.12. The van der Waals surface area contributed by atoms with Crippen molar-refractivity contribution in [2.75, 3.05) is 4.72 Å². The summed E-state index contributed by atoms with van der Waals surface area (Å²) in [5, 5.41) is 2.85. The number of benzene rings is 2. The van der Waals surface area contributed by atoms with Crippen LogP contribution in [0.4, 0.5) is 5.69 Å². The third-order valence-corrected chi connectivity index (χ3v) is 5.39. The summed E-state index contributed by atoms with van der Waals surface area (Å²) in [5.74, 6) is 1.18. The van der Waals surface area contributed by atoms with Crippen molar-refractivity contribution >= 4 is 21.6 Å². The van der Waals surface area contributed by atoms with Gasteiger partial charge in [0.15, 0.2) is 0 Å². The lowest BCUT2D eigenvalue weighted by molar-refractivity contribution is 0.0935. The molecule has 0 radical (unpaired) electrons. The second-order valence-electron chi connectivity index (χ2n) is 6.14. The van der Waals surface area contributed by atoms with Crippen LogP contribution < -0.4 is 10.0 Å². The Balaban J connectivity index is 1.67. The molecule has 1 amide bonds. The van der Waals surface area contributed by atoms with E-state index in [1.54, 1.807) is 42.5 Å². The van der Waals surface area contributed by atoms with Crippen molar-refractivity contribution in [3.63, 3.8) is 0 Å². The molecule has 140 valence electrons. The molecule has 0 aliphatic heterocycles. The Bertz CT molecular complexity index is 1030. The van der Waals surface area contributed by atoms with Gasteiger partial charge in [0.2, 0.25) is 0 Å². The van der Waals surface area contributed by atoms with Gasteiger partial charge in [-0.15, -0.1) is 0 Å². The molecule has 6 nitrogen and oxygen atoms in total. The van der Waals surface area contributed by atoms with E-state index in [0.717, 1.165) is 5.76 Å². The Labute approximate surface area is 158 Å². The van der Waals surface area contributed by atoms with Gasteiger partial charge in [-0.05, 0) is 62.4 Å². The molecule has 0 spiro atoms. The van der Waals surface area contributed by atoms with Gasteiger partial charge in [-0.1, -0.05) is 18.2 Å². The highest BCUT2D eigenvalue weighted by Gasteiger charge is 2.16. The van der Waals surface area contributed by atoms with Crippen molar-refractivity contribution in [2.45, 2.75) is 24.8 Å². The summed E-state index contributed by atoms with van der Waals surface area (Å²) in [7, 11) is -3.66. The van der Waals surface area contributed by atoms with E-state index in [1.165, 1.54) is 12.1 Å². The first kappa shape index (κ1) is 18.7. The van der Waals surface area contributed by atoms with Gasteiger partial charge in [-0.25, -0.2) is 8.42 Å². The van der Waals surface area contributed by atoms with Gasteiger partial charge in [0.25, 0.3) is 15.9 Å². The van der Waals surface area contributed by atoms with Crippen LogP contribution in [0.2, 0.25) is 0 Å². The molecule has 1 atom stereocenters. The number of carbonyl (C=O) groups is 1. The Morgan fingerprint density at radius 2 is 1.63 bits per heavy atom. The summed E-state index contributed by atoms with van der Waals surface area (Å²) in [6.07, 6.45) is 0. The van der Waals surface area contributed by atoms with E-state index in [0.29, 0.717) is 17.0 Å². The highest BCUT2D eigenvalue weighted by Crippen LogP contribution is 2.18. The predicted molar refractivity (Wildman–Crippen MR) is 103 cm³/mol. The first-order valence-electron chi connectivity index (χ1n) is 8.40. The van der Waals surface area contributed by atoms with Crippen LogP contribution in [0, 0.1) is 6.92 Å². The van der Waals surface area contributed by atoms with E-state index in [1.807, 2.05) is 26.0 Å². The van der Waals surface area contributed by atoms with Crippen molar-refractivity contribution in [2.24, 2.45) is 0 Å². The zero-order valence-electron chi connectivity index (χ0n) is 15.0. The molecule has 0 aliphatic carbocycles. The first-order valence-corrected chi connectivity index (χ1v) is 9.88. The molecule has 27 heavy (non-hydrogen) atoms. The SMILES string of the molecule is Cc1ccc(C(C)NC(=O)c2ccc(NS(=O)(=O)c3ccccc3)cc2)o1. The number of anilines is 1. The van der Waals surface area contributed by atoms with Crippen molar-refractivity contribution in [3.05, 3.63) is 83.8 Å². The van der Waals surface area contributed by atoms with Gasteiger partial charge < -0.3 is 9.73 Å². The normalized spacial score (nSPS) is 12.4. The zero-order chi connectivity index (χ0) is 19.4. The summed E-state index contributed by atoms with van der Waals surface area (Å²) in [6.45, 7) is 3.67. The van der Waals surface area contributed by atoms with Gasteiger partial charge in [0.05, 0.1) is 10.9 Å². The smallest absolute Gasteiger partial charge is 0.261 e. The third-order valence-electron chi connectivity index (χ3n) is 3.99. The summed E-state index contributed by atoms with van der Waals surface area (Å²) >= 11 is 0. The molecule has 1 unspecified atom stereocenters. The second-order valence-corrected chi connectivity index (χ2v) is 7.82. The van der Waals surface area contributed by atoms with E-state index in [4.69, 9.17) is 4.42 Å². The van der Waals surface area contributed by atoms with Crippen LogP contribution in [0.1, 0.15) is 34.8 Å². The number of aryl methyl sites for hydroxylation is 1. The van der Waals surface area contributed by atoms with Crippen LogP contribution in [0.15, 0.2) is 76.0 Å². The topological polar surface area (TPSA) is 88.4 Å². The van der Waals surface area contributed by atoms with E-state index in [2.05, 4.69) is 10.0 Å². The van der Waals surface area contributed by atoms with Crippen molar-refractivity contribution in [1.29, 1.82) is 0 Å². The molecule has 0 aliphatic rings. The molecule has 1 aromatic heterocycles. The third kappa shape index (κ3) is 4.57. The molecule has 0 saturated heterocycles. The quantitative estimate of drug-likeness (QED) is 0.675. The maximum Gasteiger partial charge on any atom is 0.261 e. The number of amides is 1. The molecule has 2 N–H and O–H groups in total. The fourth-order valence-corrected chi connectivity index (χ4v) is 3.62. The molecule has 7 heteroatoms. The number of nitrogens with one attached hydrogen (secondary N) is 2. The van der Waals surface area contributed by atoms with Gasteiger partial charge in [-0.3, -0.25) is 9.52 Å². The Morgan fingerprint density at radius 1 is 0.963 bits per heavy atom. The highest BCUT2D eigenvalue weighted by atomic mass is 32.2. The molecule has 0 bridgehead atoms. The Hall–Kier alpha value is -3.06. The molecular weight excluding hydrogens is 364 g/mol. The first-order chi connectivity index (χ1) is 12.8. The van der Waals surface area contributed by atoms with Gasteiger partial charge in [-0.2, -0.15) is 0 Å². The number of rotatable bonds is 6. The van der Waals surface area contributed by atoms with Crippen LogP contribution in [-0.4, -0.2) is 14.3 Å². The minimum atomic E-state index is -3.66. The van der Waals surface area contributed by atoms with Crippen LogP contribution in [-0.2, 0) is 10.0 Å². The van der Waals surface area contributed by atoms with Crippen LogP contribution >= 0.6 is 0 Å². The van der Waals surface area contributed by atoms with Crippen molar-refractivity contribution < 1.29 is 17.6 Å². The minimum absolute atomic E-state index is 0.175. The fourth-order valence-electron chi connectivity index (χ4n) is 2.54. The van der Waals surface area contributed by atoms with Crippen LogP contribution in [0.3, 0.4) is 0 Å². The number of hydrogen-bond acceptors (Lipinski definition) is 4. The maximum absolute atomic E-state index is 12.4. The molecular formula is C20H20N2O4S. The van der Waals surface area contributed by atoms with E-state index >= 15 is 0 Å². The molecule has 3 rings (SSSR count). The minimum Gasteiger partial charge on any atom is -0.464 e. The Morgan fingerprint density at radius 3 is 2.22 bits per heavy atom. The molecule has 1 heterocycles. The zero-order valence-corrected chi connectivity index (χ0v) is 15.8. The number of hydrogen-bond donors (Lipinski definition) is 2.